The molecule has 0 aliphatic heterocycles. The lowest BCUT2D eigenvalue weighted by Gasteiger charge is -2.16. The first-order valence-electron chi connectivity index (χ1n) is 4.87. The molecule has 0 aliphatic rings. The second kappa shape index (κ2) is 6.44. The van der Waals surface area contributed by atoms with Crippen molar-refractivity contribution in [3.05, 3.63) is 22.7 Å². The minimum absolute atomic E-state index is 0.114. The van der Waals surface area contributed by atoms with Gasteiger partial charge in [0.2, 0.25) is 0 Å². The Morgan fingerprint density at radius 3 is 2.78 bits per heavy atom. The molecule has 8 nitrogen and oxygen atoms in total. The third-order valence-corrected chi connectivity index (χ3v) is 3.15. The molecule has 1 rings (SSSR count). The van der Waals surface area contributed by atoms with Crippen molar-refractivity contribution >= 4 is 29.3 Å². The first-order valence-corrected chi connectivity index (χ1v) is 7.79. The number of halogens is 1. The normalized spacial score (nSPS) is 13.5. The third kappa shape index (κ3) is 5.28. The summed E-state index contributed by atoms with van der Waals surface area (Å²) in [6.45, 7) is 0.122. The highest BCUT2D eigenvalue weighted by atomic mass is 79.9. The number of nitrogen functional groups attached to an aromatic ring is 1. The van der Waals surface area contributed by atoms with E-state index in [2.05, 4.69) is 20.9 Å². The van der Waals surface area contributed by atoms with Crippen LogP contribution >= 0.6 is 23.5 Å². The van der Waals surface area contributed by atoms with Gasteiger partial charge in [-0.25, -0.2) is 4.79 Å². The largest absolute Gasteiger partial charge is 0.383 e. The molecule has 0 fully saturated rings. The highest BCUT2D eigenvalue weighted by Crippen LogP contribution is 2.34. The Balaban J connectivity index is 2.68. The average Bonchev–Trinajstić information content (AvgIpc) is 2.25. The van der Waals surface area contributed by atoms with Crippen molar-refractivity contribution in [1.82, 2.24) is 9.55 Å². The van der Waals surface area contributed by atoms with Gasteiger partial charge in [-0.3, -0.25) is 9.13 Å². The molecule has 0 radical (unpaired) electrons. The molecule has 1 heterocycles. The fourth-order valence-electron chi connectivity index (χ4n) is 1.15. The van der Waals surface area contributed by atoms with Gasteiger partial charge in [0, 0.05) is 11.5 Å². The maximum absolute atomic E-state index is 11.4. The Hall–Kier alpha value is -0.730. The molecule has 0 aliphatic carbocycles. The molecule has 1 aromatic heterocycles. The standard InChI is InChI=1S/C8H13BrN3O5P/c9-3-6(17-5-18(14,15)16)4-12-2-1-7(10)11-8(12)13/h1-2,6H,3-5H2,(H2,10,11,13)(H2,14,15,16)/t6-/m1/s1. The summed E-state index contributed by atoms with van der Waals surface area (Å²) >= 11 is 3.14. The second-order valence-electron chi connectivity index (χ2n) is 3.52. The summed E-state index contributed by atoms with van der Waals surface area (Å²) in [6.07, 6.45) is 0.197. The summed E-state index contributed by atoms with van der Waals surface area (Å²) in [5, 5.41) is 0.323. The van der Waals surface area contributed by atoms with Crippen molar-refractivity contribution < 1.29 is 19.1 Å². The van der Waals surface area contributed by atoms with Crippen molar-refractivity contribution in [2.75, 3.05) is 17.4 Å². The van der Waals surface area contributed by atoms with E-state index >= 15 is 0 Å². The molecule has 102 valence electrons. The van der Waals surface area contributed by atoms with Crippen LogP contribution in [0.5, 0.6) is 0 Å². The first-order chi connectivity index (χ1) is 8.31. The summed E-state index contributed by atoms with van der Waals surface area (Å²) in [5.41, 5.74) is 4.80. The smallest absolute Gasteiger partial charge is 0.350 e. The van der Waals surface area contributed by atoms with E-state index in [0.717, 1.165) is 0 Å². The van der Waals surface area contributed by atoms with Gasteiger partial charge in [-0.2, -0.15) is 4.98 Å². The Bertz CT molecular complexity index is 502. The van der Waals surface area contributed by atoms with E-state index in [1.165, 1.54) is 16.8 Å². The van der Waals surface area contributed by atoms with E-state index < -0.39 is 25.7 Å². The average molecular weight is 342 g/mol. The summed E-state index contributed by atoms with van der Waals surface area (Å²) in [7, 11) is -4.22. The molecule has 18 heavy (non-hydrogen) atoms. The van der Waals surface area contributed by atoms with Gasteiger partial charge < -0.3 is 20.3 Å². The van der Waals surface area contributed by atoms with Gasteiger partial charge in [-0.05, 0) is 6.07 Å². The number of alkyl halides is 1. The van der Waals surface area contributed by atoms with E-state index in [4.69, 9.17) is 20.3 Å². The number of anilines is 1. The highest BCUT2D eigenvalue weighted by Gasteiger charge is 2.18. The lowest BCUT2D eigenvalue weighted by atomic mass is 10.4. The quantitative estimate of drug-likeness (QED) is 0.480. The van der Waals surface area contributed by atoms with Crippen molar-refractivity contribution in [3.63, 3.8) is 0 Å². The maximum atomic E-state index is 11.4. The molecular formula is C8H13BrN3O5P. The van der Waals surface area contributed by atoms with Gasteiger partial charge in [-0.1, -0.05) is 15.9 Å². The SMILES string of the molecule is Nc1ccn(C[C@@H](CBr)OCP(=O)(O)O)c(=O)n1. The van der Waals surface area contributed by atoms with E-state index in [-0.39, 0.29) is 12.4 Å². The van der Waals surface area contributed by atoms with Gasteiger partial charge in [0.05, 0.1) is 12.6 Å². The zero-order chi connectivity index (χ0) is 13.8. The zero-order valence-electron chi connectivity index (χ0n) is 9.27. The van der Waals surface area contributed by atoms with E-state index in [1.54, 1.807) is 0 Å². The summed E-state index contributed by atoms with van der Waals surface area (Å²) in [6, 6.07) is 1.45. The molecule has 0 saturated heterocycles. The highest BCUT2D eigenvalue weighted by molar-refractivity contribution is 9.09. The van der Waals surface area contributed by atoms with E-state index in [0.29, 0.717) is 5.33 Å². The Labute approximate surface area is 111 Å². The Kier molecular flexibility index (Phi) is 5.48. The predicted octanol–water partition coefficient (Wildman–Crippen LogP) is -0.259. The van der Waals surface area contributed by atoms with E-state index in [1.807, 2.05) is 0 Å². The van der Waals surface area contributed by atoms with Gasteiger partial charge in [0.1, 0.15) is 12.2 Å². The van der Waals surface area contributed by atoms with E-state index in [9.17, 15) is 9.36 Å². The Morgan fingerprint density at radius 1 is 1.61 bits per heavy atom. The fraction of sp³-hybridized carbons (Fsp3) is 0.500. The zero-order valence-corrected chi connectivity index (χ0v) is 11.7. The van der Waals surface area contributed by atoms with Crippen LogP contribution in [-0.2, 0) is 15.8 Å². The van der Waals surface area contributed by atoms with Crippen LogP contribution < -0.4 is 11.4 Å². The van der Waals surface area contributed by atoms with Gasteiger partial charge >= 0.3 is 13.3 Å². The van der Waals surface area contributed by atoms with Crippen molar-refractivity contribution in [1.29, 1.82) is 0 Å². The molecular weight excluding hydrogens is 329 g/mol. The predicted molar refractivity (Wildman–Crippen MR) is 68.5 cm³/mol. The number of hydrogen-bond donors (Lipinski definition) is 3. The first kappa shape index (κ1) is 15.3. The number of nitrogens with zero attached hydrogens (tertiary/aromatic N) is 2. The minimum atomic E-state index is -4.22. The fourth-order valence-corrected chi connectivity index (χ4v) is 1.95. The maximum Gasteiger partial charge on any atom is 0.350 e. The molecule has 0 unspecified atom stereocenters. The summed E-state index contributed by atoms with van der Waals surface area (Å²) in [4.78, 5) is 32.4. The molecule has 10 heteroatoms. The van der Waals surface area contributed by atoms with Crippen LogP contribution in [0.2, 0.25) is 0 Å². The van der Waals surface area contributed by atoms with Crippen LogP contribution in [0.1, 0.15) is 0 Å². The molecule has 4 N–H and O–H groups in total. The molecule has 0 saturated carbocycles. The van der Waals surface area contributed by atoms with Crippen molar-refractivity contribution in [2.45, 2.75) is 12.6 Å². The number of nitrogens with two attached hydrogens (primary N) is 1. The molecule has 0 aromatic carbocycles. The minimum Gasteiger partial charge on any atom is -0.383 e. The number of rotatable bonds is 6. The lowest BCUT2D eigenvalue weighted by Crippen LogP contribution is -2.31. The summed E-state index contributed by atoms with van der Waals surface area (Å²) < 4.78 is 16.9. The third-order valence-electron chi connectivity index (χ3n) is 1.95. The summed E-state index contributed by atoms with van der Waals surface area (Å²) in [5.74, 6) is 0.114. The Morgan fingerprint density at radius 2 is 2.28 bits per heavy atom. The van der Waals surface area contributed by atoms with Gasteiger partial charge in [0.15, 0.2) is 0 Å². The van der Waals surface area contributed by atoms with Crippen molar-refractivity contribution in [2.24, 2.45) is 0 Å². The molecule has 1 atom stereocenters. The number of ether oxygens (including phenoxy) is 1. The lowest BCUT2D eigenvalue weighted by molar-refractivity contribution is 0.0789. The van der Waals surface area contributed by atoms with Gasteiger partial charge in [-0.15, -0.1) is 0 Å². The number of hydrogen-bond acceptors (Lipinski definition) is 5. The second-order valence-corrected chi connectivity index (χ2v) is 5.76. The molecule has 0 bridgehead atoms. The van der Waals surface area contributed by atoms with Crippen LogP contribution in [0.4, 0.5) is 5.82 Å². The van der Waals surface area contributed by atoms with Crippen LogP contribution in [0.3, 0.4) is 0 Å². The molecule has 1 aromatic rings. The van der Waals surface area contributed by atoms with Crippen LogP contribution in [0.15, 0.2) is 17.1 Å². The van der Waals surface area contributed by atoms with Gasteiger partial charge in [0.25, 0.3) is 0 Å². The van der Waals surface area contributed by atoms with Crippen LogP contribution in [0.25, 0.3) is 0 Å². The molecule has 0 amide bonds. The molecule has 0 spiro atoms. The topological polar surface area (TPSA) is 128 Å². The van der Waals surface area contributed by atoms with Crippen LogP contribution in [-0.4, -0.2) is 37.1 Å². The number of aromatic nitrogens is 2. The van der Waals surface area contributed by atoms with Crippen molar-refractivity contribution in [3.8, 4) is 0 Å². The van der Waals surface area contributed by atoms with Crippen LogP contribution in [0, 0.1) is 0 Å². The monoisotopic (exact) mass is 341 g/mol.